The third-order valence-corrected chi connectivity index (χ3v) is 6.70. The van der Waals surface area contributed by atoms with E-state index in [1.54, 1.807) is 26.1 Å². The molecule has 2 aromatic carbocycles. The van der Waals surface area contributed by atoms with Crippen LogP contribution >= 0.6 is 0 Å². The lowest BCUT2D eigenvalue weighted by atomic mass is 10.1. The molecule has 29 heavy (non-hydrogen) atoms. The largest absolute Gasteiger partial charge is 0.322 e. The van der Waals surface area contributed by atoms with Gasteiger partial charge in [0, 0.05) is 37.7 Å². The number of aromatic nitrogens is 2. The summed E-state index contributed by atoms with van der Waals surface area (Å²) in [6, 6.07) is 12.5. The normalized spacial score (nSPS) is 11.6. The fourth-order valence-electron chi connectivity index (χ4n) is 2.90. The third-order valence-electron chi connectivity index (χ3n) is 4.76. The quantitative estimate of drug-likeness (QED) is 0.674. The Hall–Kier alpha value is -2.97. The van der Waals surface area contributed by atoms with Gasteiger partial charge in [0.1, 0.15) is 0 Å². The van der Waals surface area contributed by atoms with Crippen LogP contribution in [0.1, 0.15) is 27.0 Å². The lowest BCUT2D eigenvalue weighted by molar-refractivity contribution is 0.102. The van der Waals surface area contributed by atoms with Crippen molar-refractivity contribution in [3.63, 3.8) is 0 Å². The fourth-order valence-corrected chi connectivity index (χ4v) is 4.12. The molecule has 0 atom stereocenters. The minimum absolute atomic E-state index is 0.141. The minimum atomic E-state index is -3.64. The molecule has 1 N–H and O–H groups in total. The van der Waals surface area contributed by atoms with Gasteiger partial charge in [-0.05, 0) is 60.9 Å². The average molecular weight is 413 g/mol. The minimum Gasteiger partial charge on any atom is -0.322 e. The van der Waals surface area contributed by atoms with Gasteiger partial charge in [-0.2, -0.15) is 5.10 Å². The Bertz CT molecular complexity index is 1120. The molecule has 8 heteroatoms. The first kappa shape index (κ1) is 20.8. The number of rotatable bonds is 6. The second-order valence-electron chi connectivity index (χ2n) is 7.06. The maximum Gasteiger partial charge on any atom is 0.255 e. The third kappa shape index (κ3) is 4.55. The van der Waals surface area contributed by atoms with Gasteiger partial charge < -0.3 is 5.32 Å². The van der Waals surface area contributed by atoms with E-state index in [9.17, 15) is 13.2 Å². The molecule has 1 aromatic heterocycles. The van der Waals surface area contributed by atoms with Crippen molar-refractivity contribution in [2.75, 3.05) is 19.4 Å². The Labute approximate surface area is 171 Å². The van der Waals surface area contributed by atoms with Crippen molar-refractivity contribution in [1.82, 2.24) is 14.1 Å². The number of hydrogen-bond donors (Lipinski definition) is 1. The van der Waals surface area contributed by atoms with Gasteiger partial charge in [0.2, 0.25) is 10.0 Å². The summed E-state index contributed by atoms with van der Waals surface area (Å²) in [4.78, 5) is 12.9. The molecule has 152 valence electrons. The summed E-state index contributed by atoms with van der Waals surface area (Å²) in [5, 5.41) is 7.00. The zero-order valence-corrected chi connectivity index (χ0v) is 17.7. The van der Waals surface area contributed by atoms with E-state index in [0.29, 0.717) is 23.4 Å². The molecule has 0 aliphatic heterocycles. The van der Waals surface area contributed by atoms with Gasteiger partial charge in [-0.1, -0.05) is 12.1 Å². The van der Waals surface area contributed by atoms with Crippen molar-refractivity contribution in [2.45, 2.75) is 25.3 Å². The Kier molecular flexibility index (Phi) is 5.86. The molecule has 0 bridgehead atoms. The van der Waals surface area contributed by atoms with Gasteiger partial charge in [0.25, 0.3) is 5.91 Å². The molecule has 0 spiro atoms. The van der Waals surface area contributed by atoms with Crippen LogP contribution in [0.5, 0.6) is 0 Å². The van der Waals surface area contributed by atoms with Crippen molar-refractivity contribution in [1.29, 1.82) is 0 Å². The molecule has 0 saturated carbocycles. The number of anilines is 1. The monoisotopic (exact) mass is 412 g/mol. The van der Waals surface area contributed by atoms with E-state index in [1.807, 2.05) is 41.2 Å². The molecular weight excluding hydrogens is 388 g/mol. The highest BCUT2D eigenvalue weighted by Crippen LogP contribution is 2.24. The molecule has 1 amide bonds. The maximum absolute atomic E-state index is 12.7. The zero-order valence-electron chi connectivity index (χ0n) is 16.9. The van der Waals surface area contributed by atoms with Gasteiger partial charge in [-0.3, -0.25) is 9.48 Å². The number of nitrogens with one attached hydrogen (secondary N) is 1. The predicted octanol–water partition coefficient (Wildman–Crippen LogP) is 3.05. The molecule has 3 aromatic rings. The van der Waals surface area contributed by atoms with Crippen LogP contribution in [0.4, 0.5) is 5.69 Å². The predicted molar refractivity (Wildman–Crippen MR) is 113 cm³/mol. The lowest BCUT2D eigenvalue weighted by Crippen LogP contribution is -2.24. The SMILES string of the molecule is Cc1cc(C(=O)Nc2ccc(Cn3cccn3)cc2)cc(S(=O)(=O)N(C)C)c1C. The molecule has 0 saturated heterocycles. The molecule has 0 fully saturated rings. The lowest BCUT2D eigenvalue weighted by Gasteiger charge is -2.16. The van der Waals surface area contributed by atoms with Crippen molar-refractivity contribution in [3.05, 3.63) is 77.1 Å². The zero-order chi connectivity index (χ0) is 21.2. The molecule has 1 heterocycles. The van der Waals surface area contributed by atoms with Gasteiger partial charge in [-0.25, -0.2) is 12.7 Å². The van der Waals surface area contributed by atoms with Crippen molar-refractivity contribution < 1.29 is 13.2 Å². The Morgan fingerprint density at radius 3 is 2.41 bits per heavy atom. The summed E-state index contributed by atoms with van der Waals surface area (Å²) in [7, 11) is -0.697. The average Bonchev–Trinajstić information content (AvgIpc) is 3.18. The van der Waals surface area contributed by atoms with Crippen LogP contribution < -0.4 is 5.32 Å². The summed E-state index contributed by atoms with van der Waals surface area (Å²) in [6.07, 6.45) is 3.61. The van der Waals surface area contributed by atoms with Gasteiger partial charge >= 0.3 is 0 Å². The van der Waals surface area contributed by atoms with E-state index >= 15 is 0 Å². The molecule has 0 unspecified atom stereocenters. The van der Waals surface area contributed by atoms with E-state index in [4.69, 9.17) is 0 Å². The smallest absolute Gasteiger partial charge is 0.255 e. The first-order valence-corrected chi connectivity index (χ1v) is 10.5. The number of carbonyl (C=O) groups excluding carboxylic acids is 1. The Morgan fingerprint density at radius 1 is 1.14 bits per heavy atom. The molecule has 7 nitrogen and oxygen atoms in total. The van der Waals surface area contributed by atoms with Crippen LogP contribution in [-0.2, 0) is 16.6 Å². The van der Waals surface area contributed by atoms with Gasteiger partial charge in [0.05, 0.1) is 11.4 Å². The second-order valence-corrected chi connectivity index (χ2v) is 9.18. The molecule has 0 aliphatic carbocycles. The van der Waals surface area contributed by atoms with Gasteiger partial charge in [0.15, 0.2) is 0 Å². The summed E-state index contributed by atoms with van der Waals surface area (Å²) in [5.74, 6) is -0.358. The highest BCUT2D eigenvalue weighted by Gasteiger charge is 2.23. The topological polar surface area (TPSA) is 84.3 Å². The van der Waals surface area contributed by atoms with Crippen LogP contribution in [0.3, 0.4) is 0 Å². The molecule has 3 rings (SSSR count). The van der Waals surface area contributed by atoms with E-state index in [-0.39, 0.29) is 10.8 Å². The van der Waals surface area contributed by atoms with Crippen molar-refractivity contribution in [3.8, 4) is 0 Å². The molecule has 0 aliphatic rings. The van der Waals surface area contributed by atoms with E-state index in [2.05, 4.69) is 10.4 Å². The van der Waals surface area contributed by atoms with Crippen LogP contribution in [0.2, 0.25) is 0 Å². The fraction of sp³-hybridized carbons (Fsp3) is 0.238. The number of hydrogen-bond acceptors (Lipinski definition) is 4. The summed E-state index contributed by atoms with van der Waals surface area (Å²) in [6.45, 7) is 4.18. The number of sulfonamides is 1. The van der Waals surface area contributed by atoms with Crippen LogP contribution in [0.15, 0.2) is 59.8 Å². The maximum atomic E-state index is 12.7. The van der Waals surface area contributed by atoms with Crippen LogP contribution in [-0.4, -0.2) is 42.5 Å². The second kappa shape index (κ2) is 8.18. The summed E-state index contributed by atoms with van der Waals surface area (Å²) >= 11 is 0. The Morgan fingerprint density at radius 2 is 1.83 bits per heavy atom. The first-order valence-electron chi connectivity index (χ1n) is 9.10. The van der Waals surface area contributed by atoms with E-state index in [0.717, 1.165) is 15.4 Å². The highest BCUT2D eigenvalue weighted by atomic mass is 32.2. The first-order chi connectivity index (χ1) is 13.7. The van der Waals surface area contributed by atoms with Gasteiger partial charge in [-0.15, -0.1) is 0 Å². The van der Waals surface area contributed by atoms with Crippen LogP contribution in [0, 0.1) is 13.8 Å². The number of nitrogens with zero attached hydrogens (tertiary/aromatic N) is 3. The number of aryl methyl sites for hydroxylation is 1. The molecular formula is C21H24N4O3S. The number of carbonyl (C=O) groups is 1. The van der Waals surface area contributed by atoms with E-state index in [1.165, 1.54) is 20.2 Å². The number of amides is 1. The number of benzene rings is 2. The highest BCUT2D eigenvalue weighted by molar-refractivity contribution is 7.89. The Balaban J connectivity index is 1.81. The summed E-state index contributed by atoms with van der Waals surface area (Å²) < 4.78 is 28.1. The van der Waals surface area contributed by atoms with Crippen molar-refractivity contribution >= 4 is 21.6 Å². The molecule has 0 radical (unpaired) electrons. The van der Waals surface area contributed by atoms with Crippen LogP contribution in [0.25, 0.3) is 0 Å². The standard InChI is InChI=1S/C21H24N4O3S/c1-15-12-18(13-20(16(15)2)29(27,28)24(3)4)21(26)23-19-8-6-17(7-9-19)14-25-11-5-10-22-25/h5-13H,14H2,1-4H3,(H,23,26). The summed E-state index contributed by atoms with van der Waals surface area (Å²) in [5.41, 5.74) is 3.37. The van der Waals surface area contributed by atoms with Crippen molar-refractivity contribution in [2.24, 2.45) is 0 Å². The van der Waals surface area contributed by atoms with E-state index < -0.39 is 10.0 Å².